The van der Waals surface area contributed by atoms with E-state index in [1.165, 1.54) is 5.69 Å². The molecule has 1 N–H and O–H groups in total. The average Bonchev–Trinajstić information content (AvgIpc) is 2.47. The minimum atomic E-state index is 0.484. The first kappa shape index (κ1) is 7.28. The lowest BCUT2D eigenvalue weighted by Gasteiger charge is -2.00. The molecule has 62 valence electrons. The lowest BCUT2D eigenvalue weighted by molar-refractivity contribution is 0.837. The van der Waals surface area contributed by atoms with Gasteiger partial charge in [-0.2, -0.15) is 0 Å². The molecule has 0 unspecified atom stereocenters. The van der Waals surface area contributed by atoms with Gasteiger partial charge in [-0.1, -0.05) is 13.8 Å². The Labute approximate surface area is 70.9 Å². The second kappa shape index (κ2) is 2.59. The Balaban J connectivity index is 2.70. The van der Waals surface area contributed by atoms with E-state index in [0.717, 1.165) is 10.9 Å². The second-order valence-corrected chi connectivity index (χ2v) is 3.18. The number of nitrogens with one attached hydrogen (secondary N) is 1. The number of aromatic nitrogens is 3. The molecule has 0 saturated carbocycles. The van der Waals surface area contributed by atoms with Crippen LogP contribution in [0.3, 0.4) is 0 Å². The molecule has 0 aliphatic heterocycles. The predicted octanol–water partition coefficient (Wildman–Crippen LogP) is 2.08. The third-order valence-electron chi connectivity index (χ3n) is 1.96. The van der Waals surface area contributed by atoms with Crippen molar-refractivity contribution in [3.05, 3.63) is 24.4 Å². The highest BCUT2D eigenvalue weighted by atomic mass is 14.9. The Morgan fingerprint density at radius 2 is 2.25 bits per heavy atom. The Bertz CT molecular complexity index is 389. The smallest absolute Gasteiger partial charge is 0.116 e. The monoisotopic (exact) mass is 161 g/mol. The van der Waals surface area contributed by atoms with Crippen LogP contribution in [0.15, 0.2) is 18.7 Å². The molecule has 0 aliphatic rings. The van der Waals surface area contributed by atoms with E-state index in [4.69, 9.17) is 0 Å². The van der Waals surface area contributed by atoms with Crippen molar-refractivity contribution in [2.45, 2.75) is 19.8 Å². The van der Waals surface area contributed by atoms with Crippen molar-refractivity contribution >= 4 is 10.9 Å². The molecule has 3 nitrogen and oxygen atoms in total. The molecule has 2 aromatic heterocycles. The lowest BCUT2D eigenvalue weighted by atomic mass is 10.1. The van der Waals surface area contributed by atoms with Crippen molar-refractivity contribution in [3.8, 4) is 0 Å². The minimum absolute atomic E-state index is 0.484. The summed E-state index contributed by atoms with van der Waals surface area (Å²) in [6, 6.07) is 0. The molecule has 2 rings (SSSR count). The fraction of sp³-hybridized carbons (Fsp3) is 0.333. The predicted molar refractivity (Wildman–Crippen MR) is 48.0 cm³/mol. The average molecular weight is 161 g/mol. The van der Waals surface area contributed by atoms with E-state index >= 15 is 0 Å². The Kier molecular flexibility index (Phi) is 1.57. The van der Waals surface area contributed by atoms with Crippen LogP contribution in [0.25, 0.3) is 10.9 Å². The summed E-state index contributed by atoms with van der Waals surface area (Å²) in [6.07, 6.45) is 5.36. The highest BCUT2D eigenvalue weighted by Crippen LogP contribution is 2.20. The molecule has 0 amide bonds. The molecule has 0 radical (unpaired) electrons. The summed E-state index contributed by atoms with van der Waals surface area (Å²) < 4.78 is 0. The van der Waals surface area contributed by atoms with E-state index in [9.17, 15) is 0 Å². The Morgan fingerprint density at radius 3 is 3.00 bits per heavy atom. The van der Waals surface area contributed by atoms with Gasteiger partial charge in [0.05, 0.1) is 5.52 Å². The van der Waals surface area contributed by atoms with Gasteiger partial charge in [-0.05, 0) is 5.92 Å². The minimum Gasteiger partial charge on any atom is -0.362 e. The van der Waals surface area contributed by atoms with Gasteiger partial charge in [-0.15, -0.1) is 0 Å². The summed E-state index contributed by atoms with van der Waals surface area (Å²) in [4.78, 5) is 11.4. The van der Waals surface area contributed by atoms with Gasteiger partial charge < -0.3 is 4.98 Å². The number of hydrogen-bond acceptors (Lipinski definition) is 2. The fourth-order valence-electron chi connectivity index (χ4n) is 1.34. The highest BCUT2D eigenvalue weighted by Gasteiger charge is 2.07. The van der Waals surface area contributed by atoms with Crippen molar-refractivity contribution in [2.24, 2.45) is 0 Å². The molecule has 0 aromatic carbocycles. The van der Waals surface area contributed by atoms with Gasteiger partial charge in [0.1, 0.15) is 6.33 Å². The molecular weight excluding hydrogens is 150 g/mol. The van der Waals surface area contributed by atoms with Crippen molar-refractivity contribution in [2.75, 3.05) is 0 Å². The maximum absolute atomic E-state index is 4.22. The van der Waals surface area contributed by atoms with Crippen molar-refractivity contribution < 1.29 is 0 Å². The molecule has 0 bridgehead atoms. The quantitative estimate of drug-likeness (QED) is 0.695. The third-order valence-corrected chi connectivity index (χ3v) is 1.96. The number of nitrogens with zero attached hydrogens (tertiary/aromatic N) is 2. The summed E-state index contributed by atoms with van der Waals surface area (Å²) in [7, 11) is 0. The van der Waals surface area contributed by atoms with Crippen molar-refractivity contribution in [1.82, 2.24) is 15.0 Å². The van der Waals surface area contributed by atoms with Crippen molar-refractivity contribution in [1.29, 1.82) is 0 Å². The zero-order chi connectivity index (χ0) is 8.55. The van der Waals surface area contributed by atoms with Crippen LogP contribution in [-0.4, -0.2) is 15.0 Å². The van der Waals surface area contributed by atoms with E-state index < -0.39 is 0 Å². The number of fused-ring (bicyclic) bond motifs is 1. The molecule has 3 heteroatoms. The van der Waals surface area contributed by atoms with Crippen LogP contribution in [0.5, 0.6) is 0 Å². The van der Waals surface area contributed by atoms with Gasteiger partial charge >= 0.3 is 0 Å². The summed E-state index contributed by atoms with van der Waals surface area (Å²) in [5.41, 5.74) is 2.23. The molecule has 0 fully saturated rings. The van der Waals surface area contributed by atoms with Gasteiger partial charge in [0.15, 0.2) is 0 Å². The maximum Gasteiger partial charge on any atom is 0.116 e. The van der Waals surface area contributed by atoms with Crippen LogP contribution in [0.2, 0.25) is 0 Å². The van der Waals surface area contributed by atoms with E-state index in [0.29, 0.717) is 5.92 Å². The number of H-pyrrole nitrogens is 1. The number of aromatic amines is 1. The first-order chi connectivity index (χ1) is 5.79. The molecule has 2 aromatic rings. The second-order valence-electron chi connectivity index (χ2n) is 3.18. The SMILES string of the molecule is CC(C)c1[nH]cc2cncnc12. The number of hydrogen-bond donors (Lipinski definition) is 1. The topological polar surface area (TPSA) is 41.6 Å². The standard InChI is InChI=1S/C9H11N3/c1-6(2)8-9-7(4-11-8)3-10-5-12-9/h3-6,11H,1-2H3. The largest absolute Gasteiger partial charge is 0.362 e. The summed E-state index contributed by atoms with van der Waals surface area (Å²) >= 11 is 0. The van der Waals surface area contributed by atoms with Gasteiger partial charge in [0.2, 0.25) is 0 Å². The first-order valence-corrected chi connectivity index (χ1v) is 4.06. The van der Waals surface area contributed by atoms with Crippen LogP contribution in [0.1, 0.15) is 25.5 Å². The van der Waals surface area contributed by atoms with Gasteiger partial charge in [0.25, 0.3) is 0 Å². The molecular formula is C9H11N3. The van der Waals surface area contributed by atoms with Crippen LogP contribution in [0.4, 0.5) is 0 Å². The maximum atomic E-state index is 4.22. The van der Waals surface area contributed by atoms with Gasteiger partial charge in [0, 0.05) is 23.5 Å². The summed E-state index contributed by atoms with van der Waals surface area (Å²) in [5, 5.41) is 1.08. The normalized spacial score (nSPS) is 11.2. The zero-order valence-corrected chi connectivity index (χ0v) is 7.20. The molecule has 0 atom stereocenters. The third kappa shape index (κ3) is 0.978. The molecule has 0 spiro atoms. The van der Waals surface area contributed by atoms with Crippen LogP contribution in [-0.2, 0) is 0 Å². The van der Waals surface area contributed by atoms with Crippen molar-refractivity contribution in [3.63, 3.8) is 0 Å². The van der Waals surface area contributed by atoms with Gasteiger partial charge in [-0.3, -0.25) is 0 Å². The van der Waals surface area contributed by atoms with E-state index in [1.54, 1.807) is 6.33 Å². The molecule has 2 heterocycles. The molecule has 12 heavy (non-hydrogen) atoms. The highest BCUT2D eigenvalue weighted by molar-refractivity contribution is 5.80. The molecule has 0 saturated heterocycles. The number of rotatable bonds is 1. The Hall–Kier alpha value is -1.38. The van der Waals surface area contributed by atoms with Gasteiger partial charge in [-0.25, -0.2) is 9.97 Å². The van der Waals surface area contributed by atoms with E-state index in [2.05, 4.69) is 28.8 Å². The Morgan fingerprint density at radius 1 is 1.42 bits per heavy atom. The lowest BCUT2D eigenvalue weighted by Crippen LogP contribution is -1.88. The van der Waals surface area contributed by atoms with Crippen LogP contribution in [0, 0.1) is 0 Å². The fourth-order valence-corrected chi connectivity index (χ4v) is 1.34. The van der Waals surface area contributed by atoms with Crippen LogP contribution < -0.4 is 0 Å². The molecule has 0 aliphatic carbocycles. The first-order valence-electron chi connectivity index (χ1n) is 4.06. The van der Waals surface area contributed by atoms with Crippen LogP contribution >= 0.6 is 0 Å². The zero-order valence-electron chi connectivity index (χ0n) is 7.20. The van der Waals surface area contributed by atoms with E-state index in [-0.39, 0.29) is 0 Å². The summed E-state index contributed by atoms with van der Waals surface area (Å²) in [6.45, 7) is 4.29. The van der Waals surface area contributed by atoms with E-state index in [1.807, 2.05) is 12.4 Å². The summed E-state index contributed by atoms with van der Waals surface area (Å²) in [5.74, 6) is 0.484.